The lowest BCUT2D eigenvalue weighted by Gasteiger charge is -2.14. The highest BCUT2D eigenvalue weighted by Crippen LogP contribution is 2.31. The summed E-state index contributed by atoms with van der Waals surface area (Å²) in [5.74, 6) is -0.393. The number of nitrogens with one attached hydrogen (secondary N) is 1. The fourth-order valence-corrected chi connectivity index (χ4v) is 2.19. The first-order chi connectivity index (χ1) is 10.5. The van der Waals surface area contributed by atoms with E-state index in [1.54, 1.807) is 24.3 Å². The zero-order chi connectivity index (χ0) is 17.4. The van der Waals surface area contributed by atoms with Gasteiger partial charge in [0.2, 0.25) is 0 Å². The average Bonchev–Trinajstić information content (AvgIpc) is 2.82. The van der Waals surface area contributed by atoms with Gasteiger partial charge in [0.15, 0.2) is 0 Å². The zero-order valence-electron chi connectivity index (χ0n) is 12.7. The molecular formula is C15H15Cl4N3O. The van der Waals surface area contributed by atoms with Gasteiger partial charge in [-0.1, -0.05) is 79.3 Å². The summed E-state index contributed by atoms with van der Waals surface area (Å²) < 4.78 is -0.547. The quantitative estimate of drug-likeness (QED) is 0.717. The van der Waals surface area contributed by atoms with E-state index in [0.29, 0.717) is 16.5 Å². The highest BCUT2D eigenvalue weighted by molar-refractivity contribution is 6.76. The Kier molecular flexibility index (Phi) is 5.21. The van der Waals surface area contributed by atoms with E-state index in [9.17, 15) is 4.79 Å². The minimum Gasteiger partial charge on any atom is -0.307 e. The second kappa shape index (κ2) is 6.52. The number of para-hydroxylation sites is 1. The summed E-state index contributed by atoms with van der Waals surface area (Å²) in [6, 6.07) is 8.88. The molecule has 0 saturated heterocycles. The van der Waals surface area contributed by atoms with Crippen LogP contribution >= 0.6 is 46.4 Å². The number of benzene rings is 1. The Morgan fingerprint density at radius 3 is 2.30 bits per heavy atom. The highest BCUT2D eigenvalue weighted by atomic mass is 35.6. The SMILES string of the molecule is CC(C)(C)c1cc(NC(=O)C(Cl)(Cl)Cl)n(-c2ccccc2Cl)n1. The largest absolute Gasteiger partial charge is 0.307 e. The summed E-state index contributed by atoms with van der Waals surface area (Å²) in [6.07, 6.45) is 0. The molecule has 0 unspecified atom stereocenters. The van der Waals surface area contributed by atoms with Gasteiger partial charge in [0, 0.05) is 11.5 Å². The van der Waals surface area contributed by atoms with E-state index in [0.717, 1.165) is 5.69 Å². The fraction of sp³-hybridized carbons (Fsp3) is 0.333. The van der Waals surface area contributed by atoms with E-state index in [4.69, 9.17) is 46.4 Å². The maximum absolute atomic E-state index is 12.0. The van der Waals surface area contributed by atoms with Crippen molar-refractivity contribution in [2.75, 3.05) is 5.32 Å². The van der Waals surface area contributed by atoms with E-state index < -0.39 is 9.70 Å². The number of amides is 1. The van der Waals surface area contributed by atoms with Crippen LogP contribution in [0.1, 0.15) is 26.5 Å². The lowest BCUT2D eigenvalue weighted by atomic mass is 9.92. The average molecular weight is 395 g/mol. The van der Waals surface area contributed by atoms with Crippen LogP contribution in [0, 0.1) is 0 Å². The lowest BCUT2D eigenvalue weighted by molar-refractivity contribution is -0.115. The predicted octanol–water partition coefficient (Wildman–Crippen LogP) is 5.13. The number of carbonyl (C=O) groups excluding carboxylic acids is 1. The predicted molar refractivity (Wildman–Crippen MR) is 96.2 cm³/mol. The summed E-state index contributed by atoms with van der Waals surface area (Å²) in [5.41, 5.74) is 1.15. The molecular weight excluding hydrogens is 380 g/mol. The van der Waals surface area contributed by atoms with Crippen LogP contribution in [-0.2, 0) is 10.2 Å². The van der Waals surface area contributed by atoms with Crippen LogP contribution in [0.3, 0.4) is 0 Å². The minimum atomic E-state index is -2.07. The van der Waals surface area contributed by atoms with Gasteiger partial charge in [0.1, 0.15) is 5.82 Å². The molecule has 124 valence electrons. The molecule has 0 radical (unpaired) electrons. The number of hydrogen-bond donors (Lipinski definition) is 1. The van der Waals surface area contributed by atoms with Crippen LogP contribution < -0.4 is 5.32 Å². The number of nitrogens with zero attached hydrogens (tertiary/aromatic N) is 2. The summed E-state index contributed by atoms with van der Waals surface area (Å²) in [7, 11) is 0. The second-order valence-electron chi connectivity index (χ2n) is 5.98. The number of halogens is 4. The molecule has 0 aliphatic heterocycles. The second-order valence-corrected chi connectivity index (χ2v) is 8.67. The molecule has 0 saturated carbocycles. The highest BCUT2D eigenvalue weighted by Gasteiger charge is 2.32. The van der Waals surface area contributed by atoms with Gasteiger partial charge in [-0.3, -0.25) is 4.79 Å². The monoisotopic (exact) mass is 393 g/mol. The normalized spacial score (nSPS) is 12.3. The van der Waals surface area contributed by atoms with Crippen LogP contribution in [0.2, 0.25) is 5.02 Å². The van der Waals surface area contributed by atoms with Crippen LogP contribution in [0.25, 0.3) is 5.69 Å². The third kappa shape index (κ3) is 4.32. The fourth-order valence-electron chi connectivity index (χ4n) is 1.83. The molecule has 4 nitrogen and oxygen atoms in total. The standard InChI is InChI=1S/C15H15Cl4N3O/c1-14(2,3)11-8-12(20-13(23)15(17,18)19)22(21-11)10-7-5-4-6-9(10)16/h4-8H,1-3H3,(H,20,23). The first kappa shape index (κ1) is 18.4. The van der Waals surface area contributed by atoms with Crippen molar-refractivity contribution in [2.24, 2.45) is 0 Å². The first-order valence-electron chi connectivity index (χ1n) is 6.74. The molecule has 2 rings (SSSR count). The molecule has 2 aromatic rings. The number of aromatic nitrogens is 2. The van der Waals surface area contributed by atoms with Crippen molar-refractivity contribution in [3.63, 3.8) is 0 Å². The Labute approximate surface area is 154 Å². The van der Waals surface area contributed by atoms with Crippen molar-refractivity contribution in [1.82, 2.24) is 9.78 Å². The van der Waals surface area contributed by atoms with Gasteiger partial charge in [-0.05, 0) is 12.1 Å². The van der Waals surface area contributed by atoms with E-state index in [1.807, 2.05) is 26.8 Å². The van der Waals surface area contributed by atoms with Crippen molar-refractivity contribution in [3.05, 3.63) is 41.0 Å². The van der Waals surface area contributed by atoms with E-state index in [2.05, 4.69) is 10.4 Å². The molecule has 1 aromatic carbocycles. The Morgan fingerprint density at radius 2 is 1.78 bits per heavy atom. The third-order valence-corrected chi connectivity index (χ3v) is 3.89. The molecule has 8 heteroatoms. The van der Waals surface area contributed by atoms with Gasteiger partial charge in [-0.25, -0.2) is 4.68 Å². The van der Waals surface area contributed by atoms with Crippen molar-refractivity contribution in [2.45, 2.75) is 30.0 Å². The Bertz CT molecular complexity index is 729. The molecule has 0 aliphatic carbocycles. The van der Waals surface area contributed by atoms with Gasteiger partial charge in [-0.2, -0.15) is 5.10 Å². The van der Waals surface area contributed by atoms with Crippen molar-refractivity contribution in [1.29, 1.82) is 0 Å². The summed E-state index contributed by atoms with van der Waals surface area (Å²) in [6.45, 7) is 6.02. The topological polar surface area (TPSA) is 46.9 Å². The van der Waals surface area contributed by atoms with Gasteiger partial charge in [0.25, 0.3) is 9.70 Å². The Balaban J connectivity index is 2.54. The van der Waals surface area contributed by atoms with Crippen LogP contribution in [0.4, 0.5) is 5.82 Å². The van der Waals surface area contributed by atoms with Crippen LogP contribution in [0.5, 0.6) is 0 Å². The maximum atomic E-state index is 12.0. The van der Waals surface area contributed by atoms with Gasteiger partial charge >= 0.3 is 0 Å². The van der Waals surface area contributed by atoms with Crippen molar-refractivity contribution >= 4 is 58.1 Å². The number of rotatable bonds is 2. The number of carbonyl (C=O) groups is 1. The number of alkyl halides is 3. The molecule has 1 heterocycles. The summed E-state index contributed by atoms with van der Waals surface area (Å²) >= 11 is 23.1. The summed E-state index contributed by atoms with van der Waals surface area (Å²) in [4.78, 5) is 12.0. The Hall–Kier alpha value is -0.940. The smallest absolute Gasteiger partial charge is 0.277 e. The van der Waals surface area contributed by atoms with E-state index in [-0.39, 0.29) is 5.41 Å². The van der Waals surface area contributed by atoms with Crippen LogP contribution in [-0.4, -0.2) is 19.5 Å². The van der Waals surface area contributed by atoms with Crippen molar-refractivity contribution in [3.8, 4) is 5.69 Å². The summed E-state index contributed by atoms with van der Waals surface area (Å²) in [5, 5.41) is 7.60. The molecule has 1 amide bonds. The first-order valence-corrected chi connectivity index (χ1v) is 8.25. The molecule has 0 fully saturated rings. The molecule has 1 aromatic heterocycles. The molecule has 1 N–H and O–H groups in total. The van der Waals surface area contributed by atoms with Gasteiger partial charge < -0.3 is 5.32 Å². The molecule has 0 bridgehead atoms. The molecule has 0 aliphatic rings. The van der Waals surface area contributed by atoms with E-state index >= 15 is 0 Å². The minimum absolute atomic E-state index is 0.230. The zero-order valence-corrected chi connectivity index (χ0v) is 15.7. The Morgan fingerprint density at radius 1 is 1.17 bits per heavy atom. The lowest BCUT2D eigenvalue weighted by Crippen LogP contribution is -2.28. The maximum Gasteiger partial charge on any atom is 0.277 e. The molecule has 0 spiro atoms. The number of hydrogen-bond acceptors (Lipinski definition) is 2. The van der Waals surface area contributed by atoms with Gasteiger partial charge in [0.05, 0.1) is 16.4 Å². The van der Waals surface area contributed by atoms with E-state index in [1.165, 1.54) is 4.68 Å². The van der Waals surface area contributed by atoms with Crippen LogP contribution in [0.15, 0.2) is 30.3 Å². The molecule has 0 atom stereocenters. The molecule has 23 heavy (non-hydrogen) atoms. The number of anilines is 1. The third-order valence-electron chi connectivity index (χ3n) is 3.06. The van der Waals surface area contributed by atoms with Gasteiger partial charge in [-0.15, -0.1) is 0 Å². The van der Waals surface area contributed by atoms with Crippen molar-refractivity contribution < 1.29 is 4.79 Å².